The highest BCUT2D eigenvalue weighted by molar-refractivity contribution is 5.94. The number of benzene rings is 2. The van der Waals surface area contributed by atoms with Crippen molar-refractivity contribution in [3.05, 3.63) is 90.1 Å². The predicted molar refractivity (Wildman–Crippen MR) is 93.0 cm³/mol. The van der Waals surface area contributed by atoms with Crippen LogP contribution in [0.15, 0.2) is 79.0 Å². The van der Waals surface area contributed by atoms with E-state index in [1.54, 1.807) is 36.3 Å². The summed E-state index contributed by atoms with van der Waals surface area (Å²) in [5.41, 5.74) is 1.68. The Kier molecular flexibility index (Phi) is 4.87. The predicted octanol–water partition coefficient (Wildman–Crippen LogP) is 4.15. The van der Waals surface area contributed by atoms with Gasteiger partial charge in [0.25, 0.3) is 5.91 Å². The minimum atomic E-state index is -0.0506. The zero-order valence-corrected chi connectivity index (χ0v) is 13.4. The van der Waals surface area contributed by atoms with Crippen LogP contribution in [0.4, 0.5) is 0 Å². The second-order valence-corrected chi connectivity index (χ2v) is 5.44. The summed E-state index contributed by atoms with van der Waals surface area (Å²) in [7, 11) is 1.79. The molecule has 0 bridgehead atoms. The Morgan fingerprint density at radius 2 is 1.79 bits per heavy atom. The zero-order chi connectivity index (χ0) is 16.8. The summed E-state index contributed by atoms with van der Waals surface area (Å²) in [5, 5.41) is 0. The van der Waals surface area contributed by atoms with Gasteiger partial charge in [-0.2, -0.15) is 0 Å². The molecule has 0 saturated carbocycles. The van der Waals surface area contributed by atoms with Crippen molar-refractivity contribution in [1.82, 2.24) is 9.88 Å². The maximum atomic E-state index is 12.6. The van der Waals surface area contributed by atoms with E-state index in [1.807, 2.05) is 54.6 Å². The number of ether oxygens (including phenoxy) is 1. The molecule has 0 spiro atoms. The van der Waals surface area contributed by atoms with Crippen molar-refractivity contribution in [3.8, 4) is 11.6 Å². The molecule has 4 nitrogen and oxygen atoms in total. The third kappa shape index (κ3) is 3.98. The van der Waals surface area contributed by atoms with E-state index in [0.29, 0.717) is 23.7 Å². The van der Waals surface area contributed by atoms with Gasteiger partial charge in [-0.1, -0.05) is 42.5 Å². The van der Waals surface area contributed by atoms with Gasteiger partial charge in [0.05, 0.1) is 0 Å². The highest BCUT2D eigenvalue weighted by Gasteiger charge is 2.13. The van der Waals surface area contributed by atoms with Gasteiger partial charge in [-0.15, -0.1) is 0 Å². The second-order valence-electron chi connectivity index (χ2n) is 5.44. The topological polar surface area (TPSA) is 42.4 Å². The Labute approximate surface area is 141 Å². The van der Waals surface area contributed by atoms with Crippen LogP contribution in [0.25, 0.3) is 0 Å². The largest absolute Gasteiger partial charge is 0.439 e. The molecule has 120 valence electrons. The average Bonchev–Trinajstić information content (AvgIpc) is 2.63. The molecule has 0 N–H and O–H groups in total. The summed E-state index contributed by atoms with van der Waals surface area (Å²) in [4.78, 5) is 18.4. The van der Waals surface area contributed by atoms with Crippen molar-refractivity contribution in [1.29, 1.82) is 0 Å². The normalized spacial score (nSPS) is 10.2. The van der Waals surface area contributed by atoms with E-state index >= 15 is 0 Å². The van der Waals surface area contributed by atoms with Crippen LogP contribution >= 0.6 is 0 Å². The fourth-order valence-electron chi connectivity index (χ4n) is 2.37. The molecular weight excluding hydrogens is 300 g/mol. The fourth-order valence-corrected chi connectivity index (χ4v) is 2.37. The second kappa shape index (κ2) is 7.42. The molecule has 0 aliphatic heterocycles. The number of rotatable bonds is 5. The molecular formula is C20H18N2O2. The van der Waals surface area contributed by atoms with Crippen molar-refractivity contribution < 1.29 is 9.53 Å². The molecule has 0 unspecified atom stereocenters. The standard InChI is InChI=1S/C20H18N2O2/c1-22(15-16-8-3-2-4-9-16)20(23)17-10-7-11-18(14-17)24-19-12-5-6-13-21-19/h2-14H,15H2,1H3. The summed E-state index contributed by atoms with van der Waals surface area (Å²) in [5.74, 6) is 1.04. The van der Waals surface area contributed by atoms with Crippen LogP contribution in [0.3, 0.4) is 0 Å². The number of hydrogen-bond acceptors (Lipinski definition) is 3. The number of amides is 1. The molecule has 0 aliphatic rings. The minimum absolute atomic E-state index is 0.0506. The van der Waals surface area contributed by atoms with Gasteiger partial charge < -0.3 is 9.64 Å². The molecule has 0 aliphatic carbocycles. The van der Waals surface area contributed by atoms with Gasteiger partial charge in [0, 0.05) is 31.4 Å². The van der Waals surface area contributed by atoms with Crippen LogP contribution in [0.1, 0.15) is 15.9 Å². The van der Waals surface area contributed by atoms with Crippen molar-refractivity contribution in [2.75, 3.05) is 7.05 Å². The number of nitrogens with zero attached hydrogens (tertiary/aromatic N) is 2. The summed E-state index contributed by atoms with van der Waals surface area (Å²) in [6.07, 6.45) is 1.66. The van der Waals surface area contributed by atoms with Gasteiger partial charge in [0.15, 0.2) is 0 Å². The molecule has 4 heteroatoms. The fraction of sp³-hybridized carbons (Fsp3) is 0.100. The first-order valence-electron chi connectivity index (χ1n) is 7.71. The zero-order valence-electron chi connectivity index (χ0n) is 13.4. The summed E-state index contributed by atoms with van der Waals surface area (Å²) >= 11 is 0. The average molecular weight is 318 g/mol. The lowest BCUT2D eigenvalue weighted by atomic mass is 10.1. The van der Waals surface area contributed by atoms with E-state index in [4.69, 9.17) is 4.74 Å². The van der Waals surface area contributed by atoms with Crippen LogP contribution in [-0.4, -0.2) is 22.8 Å². The van der Waals surface area contributed by atoms with Crippen molar-refractivity contribution in [2.45, 2.75) is 6.54 Å². The van der Waals surface area contributed by atoms with E-state index in [2.05, 4.69) is 4.98 Å². The molecule has 0 fully saturated rings. The van der Waals surface area contributed by atoms with Crippen LogP contribution in [0.5, 0.6) is 11.6 Å². The van der Waals surface area contributed by atoms with Gasteiger partial charge in [0.1, 0.15) is 5.75 Å². The number of carbonyl (C=O) groups excluding carboxylic acids is 1. The molecule has 0 atom stereocenters. The first-order valence-corrected chi connectivity index (χ1v) is 7.71. The Balaban J connectivity index is 1.72. The summed E-state index contributed by atoms with van der Waals surface area (Å²) in [6, 6.07) is 22.5. The molecule has 24 heavy (non-hydrogen) atoms. The number of hydrogen-bond donors (Lipinski definition) is 0. The third-order valence-corrected chi connectivity index (χ3v) is 3.55. The van der Waals surface area contributed by atoms with Crippen LogP contribution in [-0.2, 0) is 6.54 Å². The number of carbonyl (C=O) groups is 1. The first-order chi connectivity index (χ1) is 11.7. The Morgan fingerprint density at radius 3 is 2.54 bits per heavy atom. The molecule has 2 aromatic carbocycles. The molecule has 0 saturated heterocycles. The van der Waals surface area contributed by atoms with Gasteiger partial charge in [-0.05, 0) is 29.8 Å². The van der Waals surface area contributed by atoms with Gasteiger partial charge in [-0.25, -0.2) is 4.98 Å². The summed E-state index contributed by atoms with van der Waals surface area (Å²) in [6.45, 7) is 0.561. The van der Waals surface area contributed by atoms with E-state index in [-0.39, 0.29) is 5.91 Å². The van der Waals surface area contributed by atoms with Crippen LogP contribution in [0, 0.1) is 0 Å². The maximum absolute atomic E-state index is 12.6. The molecule has 1 amide bonds. The first kappa shape index (κ1) is 15.7. The van der Waals surface area contributed by atoms with Gasteiger partial charge in [0.2, 0.25) is 5.88 Å². The molecule has 3 rings (SSSR count). The Bertz CT molecular complexity index is 804. The lowest BCUT2D eigenvalue weighted by molar-refractivity contribution is 0.0785. The van der Waals surface area contributed by atoms with Crippen LogP contribution in [0.2, 0.25) is 0 Å². The van der Waals surface area contributed by atoms with E-state index < -0.39 is 0 Å². The molecule has 1 heterocycles. The third-order valence-electron chi connectivity index (χ3n) is 3.55. The summed E-state index contributed by atoms with van der Waals surface area (Å²) < 4.78 is 5.69. The maximum Gasteiger partial charge on any atom is 0.254 e. The molecule has 3 aromatic rings. The van der Waals surface area contributed by atoms with E-state index in [0.717, 1.165) is 5.56 Å². The smallest absolute Gasteiger partial charge is 0.254 e. The number of aromatic nitrogens is 1. The van der Waals surface area contributed by atoms with Crippen LogP contribution < -0.4 is 4.74 Å². The lowest BCUT2D eigenvalue weighted by Gasteiger charge is -2.17. The molecule has 0 radical (unpaired) electrons. The highest BCUT2D eigenvalue weighted by atomic mass is 16.5. The van der Waals surface area contributed by atoms with Gasteiger partial charge >= 0.3 is 0 Å². The van der Waals surface area contributed by atoms with Gasteiger partial charge in [-0.3, -0.25) is 4.79 Å². The number of pyridine rings is 1. The van der Waals surface area contributed by atoms with E-state index in [9.17, 15) is 4.79 Å². The molecule has 1 aromatic heterocycles. The van der Waals surface area contributed by atoms with Crippen molar-refractivity contribution in [3.63, 3.8) is 0 Å². The van der Waals surface area contributed by atoms with Crippen molar-refractivity contribution in [2.24, 2.45) is 0 Å². The quantitative estimate of drug-likeness (QED) is 0.710. The monoisotopic (exact) mass is 318 g/mol. The SMILES string of the molecule is CN(Cc1ccccc1)C(=O)c1cccc(Oc2ccccn2)c1. The highest BCUT2D eigenvalue weighted by Crippen LogP contribution is 2.21. The minimum Gasteiger partial charge on any atom is -0.439 e. The van der Waals surface area contributed by atoms with Crippen molar-refractivity contribution >= 4 is 5.91 Å². The van der Waals surface area contributed by atoms with E-state index in [1.165, 1.54) is 0 Å². The Morgan fingerprint density at radius 1 is 1.00 bits per heavy atom. The lowest BCUT2D eigenvalue weighted by Crippen LogP contribution is -2.26. The Hall–Kier alpha value is -3.14.